The van der Waals surface area contributed by atoms with Gasteiger partial charge in [0.2, 0.25) is 0 Å². The molecule has 0 aromatic rings. The number of sulfonamides is 2. The summed E-state index contributed by atoms with van der Waals surface area (Å²) < 4.78 is 108. The average molecular weight is 441 g/mol. The minimum atomic E-state index is -6.60. The van der Waals surface area contributed by atoms with Gasteiger partial charge in [0.05, 0.1) is 0 Å². The maximum absolute atomic E-state index is 11.5. The van der Waals surface area contributed by atoms with Crippen molar-refractivity contribution in [3.05, 3.63) is 0 Å². The summed E-state index contributed by atoms with van der Waals surface area (Å²) in [5.41, 5.74) is -11.4. The minimum absolute atomic E-state index is 0.493. The van der Waals surface area contributed by atoms with Gasteiger partial charge < -0.3 is 0 Å². The highest BCUT2D eigenvalue weighted by molar-refractivity contribution is 8.05. The number of nitrogens with one attached hydrogen (secondary N) is 1. The highest BCUT2D eigenvalue weighted by Crippen LogP contribution is 2.27. The first-order valence-electron chi connectivity index (χ1n) is 7.18. The molecule has 0 bridgehead atoms. The zero-order valence-corrected chi connectivity index (χ0v) is 16.4. The lowest BCUT2D eigenvalue weighted by atomic mass is 10.1. The van der Waals surface area contributed by atoms with Crippen molar-refractivity contribution in [1.82, 2.24) is 4.13 Å². The van der Waals surface area contributed by atoms with Crippen molar-refractivity contribution in [2.24, 2.45) is 0 Å². The van der Waals surface area contributed by atoms with Gasteiger partial charge in [0.25, 0.3) is 0 Å². The first kappa shape index (κ1) is 27.1. The average Bonchev–Trinajstić information content (AvgIpc) is 2.36. The van der Waals surface area contributed by atoms with Crippen LogP contribution in [0.15, 0.2) is 0 Å². The van der Waals surface area contributed by atoms with Crippen LogP contribution < -0.4 is 4.13 Å². The van der Waals surface area contributed by atoms with E-state index in [0.29, 0.717) is 0 Å². The lowest BCUT2D eigenvalue weighted by Crippen LogP contribution is -2.45. The summed E-state index contributed by atoms with van der Waals surface area (Å²) in [7, 11) is -10.2. The first-order chi connectivity index (χ1) is 11.0. The Morgan fingerprint density at radius 2 is 1.20 bits per heavy atom. The number of unbranched alkanes of at least 4 members (excludes halogenated alkanes) is 2. The standard InChI is InChI=1S/C9H21P.C2HF6NO4S2/c1-3-5-6-8-9(10)7-4-2;3-1(4,5)14(10,11)9-15(12,13)2(6,7)8/h9H,3-8,10H2,1-2H3;9H. The molecular weight excluding hydrogens is 419 g/mol. The molecule has 154 valence electrons. The third-order valence-corrected chi connectivity index (χ3v) is 6.31. The van der Waals surface area contributed by atoms with Gasteiger partial charge in [-0.1, -0.05) is 43.7 Å². The molecule has 0 aliphatic heterocycles. The summed E-state index contributed by atoms with van der Waals surface area (Å²) >= 11 is 0. The predicted molar refractivity (Wildman–Crippen MR) is 85.6 cm³/mol. The van der Waals surface area contributed by atoms with Crippen molar-refractivity contribution in [3.8, 4) is 0 Å². The molecule has 0 saturated carbocycles. The Bertz CT molecular complexity index is 532. The third-order valence-electron chi connectivity index (χ3n) is 2.67. The molecule has 0 fully saturated rings. The first-order valence-corrected chi connectivity index (χ1v) is 10.8. The summed E-state index contributed by atoms with van der Waals surface area (Å²) in [4.78, 5) is 0. The van der Waals surface area contributed by atoms with Crippen LogP contribution in [0.4, 0.5) is 26.3 Å². The molecule has 2 atom stereocenters. The zero-order valence-electron chi connectivity index (χ0n) is 13.6. The molecule has 25 heavy (non-hydrogen) atoms. The van der Waals surface area contributed by atoms with E-state index in [-0.39, 0.29) is 0 Å². The van der Waals surface area contributed by atoms with Gasteiger partial charge in [-0.15, -0.1) is 9.24 Å². The largest absolute Gasteiger partial charge is 0.512 e. The van der Waals surface area contributed by atoms with Crippen LogP contribution in [0, 0.1) is 0 Å². The number of alkyl halides is 6. The van der Waals surface area contributed by atoms with Gasteiger partial charge in [-0.3, -0.25) is 0 Å². The Kier molecular flexibility index (Phi) is 11.8. The van der Waals surface area contributed by atoms with E-state index in [0.717, 1.165) is 5.66 Å². The van der Waals surface area contributed by atoms with E-state index >= 15 is 0 Å². The highest BCUT2D eigenvalue weighted by atomic mass is 32.3. The summed E-state index contributed by atoms with van der Waals surface area (Å²) in [6.45, 7) is 4.52. The van der Waals surface area contributed by atoms with E-state index in [2.05, 4.69) is 23.1 Å². The molecule has 0 radical (unpaired) electrons. The Morgan fingerprint density at radius 3 is 1.48 bits per heavy atom. The number of hydrogen-bond donors (Lipinski definition) is 1. The minimum Gasteiger partial charge on any atom is -0.202 e. The van der Waals surface area contributed by atoms with Gasteiger partial charge in [0.1, 0.15) is 0 Å². The van der Waals surface area contributed by atoms with Crippen molar-refractivity contribution in [2.75, 3.05) is 0 Å². The summed E-state index contributed by atoms with van der Waals surface area (Å²) in [6, 6.07) is 0. The van der Waals surface area contributed by atoms with Crippen LogP contribution in [0.1, 0.15) is 52.4 Å². The highest BCUT2D eigenvalue weighted by Gasteiger charge is 2.55. The van der Waals surface area contributed by atoms with Crippen molar-refractivity contribution in [2.45, 2.75) is 69.0 Å². The van der Waals surface area contributed by atoms with Crippen LogP contribution in [-0.4, -0.2) is 33.5 Å². The van der Waals surface area contributed by atoms with Crippen LogP contribution >= 0.6 is 9.24 Å². The Labute approximate surface area is 146 Å². The molecule has 0 spiro atoms. The molecule has 2 unspecified atom stereocenters. The van der Waals surface area contributed by atoms with E-state index in [9.17, 15) is 43.2 Å². The molecule has 14 heteroatoms. The van der Waals surface area contributed by atoms with E-state index in [1.54, 1.807) is 0 Å². The summed E-state index contributed by atoms with van der Waals surface area (Å²) in [5, 5.41) is 0. The second-order valence-electron chi connectivity index (χ2n) is 5.03. The van der Waals surface area contributed by atoms with Crippen molar-refractivity contribution < 1.29 is 43.2 Å². The molecule has 0 aromatic heterocycles. The molecule has 0 saturated heterocycles. The van der Waals surface area contributed by atoms with E-state index in [1.807, 2.05) is 0 Å². The molecule has 1 N–H and O–H groups in total. The SMILES string of the molecule is CCCCCC(P)CCC.O=S(=O)(NS(=O)(=O)C(F)(F)F)C(F)(F)F. The van der Waals surface area contributed by atoms with Crippen LogP contribution in [0.3, 0.4) is 0 Å². The lowest BCUT2D eigenvalue weighted by molar-refractivity contribution is -0.0476. The molecule has 0 aliphatic rings. The van der Waals surface area contributed by atoms with Gasteiger partial charge in [-0.05, 0) is 18.5 Å². The van der Waals surface area contributed by atoms with Crippen molar-refractivity contribution >= 4 is 29.3 Å². The monoisotopic (exact) mass is 441 g/mol. The topological polar surface area (TPSA) is 80.3 Å². The quantitative estimate of drug-likeness (QED) is 0.352. The van der Waals surface area contributed by atoms with Gasteiger partial charge in [0, 0.05) is 0 Å². The van der Waals surface area contributed by atoms with Crippen molar-refractivity contribution in [1.29, 1.82) is 0 Å². The molecule has 0 amide bonds. The molecule has 5 nitrogen and oxygen atoms in total. The van der Waals surface area contributed by atoms with Gasteiger partial charge in [-0.25, -0.2) is 16.8 Å². The van der Waals surface area contributed by atoms with Crippen LogP contribution in [0.5, 0.6) is 0 Å². The van der Waals surface area contributed by atoms with E-state index in [4.69, 9.17) is 0 Å². The van der Waals surface area contributed by atoms with E-state index in [1.165, 1.54) is 38.5 Å². The Hall–Kier alpha value is -0.130. The zero-order chi connectivity index (χ0) is 20.5. The number of rotatable bonds is 8. The predicted octanol–water partition coefficient (Wildman–Crippen LogP) is 3.89. The smallest absolute Gasteiger partial charge is 0.202 e. The fourth-order valence-electron chi connectivity index (χ4n) is 1.41. The molecule has 0 aromatic carbocycles. The maximum Gasteiger partial charge on any atom is 0.512 e. The normalized spacial score (nSPS) is 14.6. The van der Waals surface area contributed by atoms with Crippen LogP contribution in [0.2, 0.25) is 0 Å². The fraction of sp³-hybridized carbons (Fsp3) is 1.00. The number of halogens is 6. The second-order valence-corrected chi connectivity index (χ2v) is 9.58. The van der Waals surface area contributed by atoms with Gasteiger partial charge in [0.15, 0.2) is 0 Å². The molecule has 0 heterocycles. The maximum atomic E-state index is 11.5. The Balaban J connectivity index is 0. The summed E-state index contributed by atoms with van der Waals surface area (Å²) in [6.07, 6.45) is 8.31. The third kappa shape index (κ3) is 11.2. The molecule has 0 rings (SSSR count). The van der Waals surface area contributed by atoms with Crippen LogP contribution in [-0.2, 0) is 20.0 Å². The van der Waals surface area contributed by atoms with Gasteiger partial charge in [-0.2, -0.15) is 26.3 Å². The number of hydrogen-bond acceptors (Lipinski definition) is 4. The molecular formula is C11H22F6NO4PS2. The fourth-order valence-corrected chi connectivity index (χ4v) is 3.89. The van der Waals surface area contributed by atoms with Crippen LogP contribution in [0.25, 0.3) is 0 Å². The summed E-state index contributed by atoms with van der Waals surface area (Å²) in [5.74, 6) is 0. The lowest BCUT2D eigenvalue weighted by Gasteiger charge is -2.11. The van der Waals surface area contributed by atoms with Crippen molar-refractivity contribution in [3.63, 3.8) is 0 Å². The van der Waals surface area contributed by atoms with E-state index < -0.39 is 35.2 Å². The Morgan fingerprint density at radius 1 is 0.800 bits per heavy atom. The van der Waals surface area contributed by atoms with Gasteiger partial charge >= 0.3 is 31.1 Å². The second kappa shape index (κ2) is 10.9. The molecule has 0 aliphatic carbocycles.